The van der Waals surface area contributed by atoms with Crippen LogP contribution in [0.5, 0.6) is 5.75 Å². The molecule has 1 aliphatic rings. The van der Waals surface area contributed by atoms with E-state index in [-0.39, 0.29) is 5.41 Å². The van der Waals surface area contributed by atoms with Crippen LogP contribution in [0.2, 0.25) is 0 Å². The first-order chi connectivity index (χ1) is 9.02. The van der Waals surface area contributed by atoms with E-state index in [1.54, 1.807) is 7.11 Å². The summed E-state index contributed by atoms with van der Waals surface area (Å²) in [7, 11) is 1.76. The van der Waals surface area contributed by atoms with Crippen molar-refractivity contribution < 1.29 is 4.74 Å². The van der Waals surface area contributed by atoms with Gasteiger partial charge in [0.1, 0.15) is 5.75 Å². The van der Waals surface area contributed by atoms with E-state index in [9.17, 15) is 0 Å². The molecular formula is C17H25NO. The van der Waals surface area contributed by atoms with E-state index >= 15 is 0 Å². The van der Waals surface area contributed by atoms with Crippen LogP contribution in [0.25, 0.3) is 5.57 Å². The molecule has 0 unspecified atom stereocenters. The van der Waals surface area contributed by atoms with Crippen LogP contribution in [-0.4, -0.2) is 20.2 Å². The second-order valence-corrected chi connectivity index (χ2v) is 6.18. The summed E-state index contributed by atoms with van der Waals surface area (Å²) in [6.07, 6.45) is 4.52. The summed E-state index contributed by atoms with van der Waals surface area (Å²) in [6.45, 7) is 8.88. The van der Waals surface area contributed by atoms with E-state index in [0.717, 1.165) is 31.7 Å². The number of benzene rings is 1. The van der Waals surface area contributed by atoms with E-state index < -0.39 is 0 Å². The van der Waals surface area contributed by atoms with Gasteiger partial charge in [0.25, 0.3) is 0 Å². The summed E-state index contributed by atoms with van der Waals surface area (Å²) >= 11 is 0. The number of hydrogen-bond donors (Lipinski definition) is 1. The molecule has 0 spiro atoms. The van der Waals surface area contributed by atoms with Gasteiger partial charge in [-0.25, -0.2) is 0 Å². The van der Waals surface area contributed by atoms with E-state index in [1.807, 2.05) is 0 Å². The highest BCUT2D eigenvalue weighted by Crippen LogP contribution is 2.33. The van der Waals surface area contributed by atoms with Crippen molar-refractivity contribution in [3.63, 3.8) is 0 Å². The minimum atomic E-state index is 0.171. The lowest BCUT2D eigenvalue weighted by molar-refractivity contribution is 0.412. The van der Waals surface area contributed by atoms with Gasteiger partial charge < -0.3 is 10.1 Å². The number of rotatable bonds is 2. The molecular weight excluding hydrogens is 234 g/mol. The van der Waals surface area contributed by atoms with E-state index in [0.29, 0.717) is 0 Å². The highest BCUT2D eigenvalue weighted by atomic mass is 16.5. The molecule has 0 saturated heterocycles. The van der Waals surface area contributed by atoms with Crippen LogP contribution >= 0.6 is 0 Å². The maximum absolute atomic E-state index is 5.55. The molecule has 2 nitrogen and oxygen atoms in total. The molecule has 0 bridgehead atoms. The summed E-state index contributed by atoms with van der Waals surface area (Å²) in [6, 6.07) is 6.59. The molecule has 19 heavy (non-hydrogen) atoms. The van der Waals surface area contributed by atoms with Crippen LogP contribution in [0, 0.1) is 0 Å². The zero-order valence-electron chi connectivity index (χ0n) is 12.5. The third kappa shape index (κ3) is 3.38. The van der Waals surface area contributed by atoms with Gasteiger partial charge in [-0.1, -0.05) is 32.9 Å². The standard InChI is InChI=1S/C17H25NO/c1-17(2,3)14-7-8-16(19-4)15(12-14)13-6-5-10-18-11-9-13/h6-8,12,18H,5,9-11H2,1-4H3. The maximum atomic E-state index is 5.55. The van der Waals surface area contributed by atoms with Crippen molar-refractivity contribution in [2.45, 2.75) is 39.0 Å². The second kappa shape index (κ2) is 5.79. The van der Waals surface area contributed by atoms with Gasteiger partial charge >= 0.3 is 0 Å². The first kappa shape index (κ1) is 14.1. The zero-order chi connectivity index (χ0) is 13.9. The van der Waals surface area contributed by atoms with Gasteiger partial charge in [0, 0.05) is 5.56 Å². The van der Waals surface area contributed by atoms with Gasteiger partial charge in [-0.05, 0) is 54.6 Å². The van der Waals surface area contributed by atoms with Crippen LogP contribution in [0.3, 0.4) is 0 Å². The highest BCUT2D eigenvalue weighted by Gasteiger charge is 2.17. The largest absolute Gasteiger partial charge is 0.496 e. The smallest absolute Gasteiger partial charge is 0.126 e. The number of hydrogen-bond acceptors (Lipinski definition) is 2. The number of methoxy groups -OCH3 is 1. The monoisotopic (exact) mass is 259 g/mol. The normalized spacial score (nSPS) is 16.7. The van der Waals surface area contributed by atoms with Crippen molar-refractivity contribution >= 4 is 5.57 Å². The van der Waals surface area contributed by atoms with Crippen molar-refractivity contribution in [3.8, 4) is 5.75 Å². The average molecular weight is 259 g/mol. The molecule has 1 aromatic carbocycles. The van der Waals surface area contributed by atoms with Gasteiger partial charge in [0.2, 0.25) is 0 Å². The van der Waals surface area contributed by atoms with Crippen molar-refractivity contribution in [3.05, 3.63) is 35.4 Å². The molecule has 0 fully saturated rings. The summed E-state index contributed by atoms with van der Waals surface area (Å²) in [5, 5.41) is 3.44. The first-order valence-electron chi connectivity index (χ1n) is 7.11. The third-order valence-electron chi connectivity index (χ3n) is 3.69. The number of nitrogens with one attached hydrogen (secondary N) is 1. The van der Waals surface area contributed by atoms with Crippen LogP contribution < -0.4 is 10.1 Å². The lowest BCUT2D eigenvalue weighted by Gasteiger charge is -2.22. The predicted octanol–water partition coefficient (Wildman–Crippen LogP) is 3.76. The Morgan fingerprint density at radius 2 is 1.95 bits per heavy atom. The Morgan fingerprint density at radius 1 is 1.16 bits per heavy atom. The van der Waals surface area contributed by atoms with Crippen molar-refractivity contribution in [1.82, 2.24) is 5.32 Å². The Morgan fingerprint density at radius 3 is 2.63 bits per heavy atom. The van der Waals surface area contributed by atoms with Crippen LogP contribution in [0.1, 0.15) is 44.7 Å². The Labute approximate surface area is 116 Å². The summed E-state index contributed by atoms with van der Waals surface area (Å²) in [5.74, 6) is 0.987. The fraction of sp³-hybridized carbons (Fsp3) is 0.529. The number of ether oxygens (including phenoxy) is 1. The zero-order valence-corrected chi connectivity index (χ0v) is 12.5. The third-order valence-corrected chi connectivity index (χ3v) is 3.69. The Bertz CT molecular complexity index is 469. The van der Waals surface area contributed by atoms with E-state index in [2.05, 4.69) is 50.4 Å². The topological polar surface area (TPSA) is 21.3 Å². The highest BCUT2D eigenvalue weighted by molar-refractivity contribution is 5.71. The van der Waals surface area contributed by atoms with Crippen LogP contribution in [0.4, 0.5) is 0 Å². The summed E-state index contributed by atoms with van der Waals surface area (Å²) < 4.78 is 5.55. The molecule has 1 N–H and O–H groups in total. The Kier molecular flexibility index (Phi) is 4.31. The molecule has 0 amide bonds. The predicted molar refractivity (Wildman–Crippen MR) is 81.8 cm³/mol. The quantitative estimate of drug-likeness (QED) is 0.873. The van der Waals surface area contributed by atoms with Crippen molar-refractivity contribution in [2.24, 2.45) is 0 Å². The minimum absolute atomic E-state index is 0.171. The molecule has 1 heterocycles. The molecule has 0 aromatic heterocycles. The maximum Gasteiger partial charge on any atom is 0.126 e. The lowest BCUT2D eigenvalue weighted by Crippen LogP contribution is -2.14. The van der Waals surface area contributed by atoms with Crippen LogP contribution in [-0.2, 0) is 5.41 Å². The van der Waals surface area contributed by atoms with E-state index in [1.165, 1.54) is 16.7 Å². The fourth-order valence-corrected chi connectivity index (χ4v) is 2.47. The van der Waals surface area contributed by atoms with E-state index in [4.69, 9.17) is 4.74 Å². The summed E-state index contributed by atoms with van der Waals surface area (Å²) in [5.41, 5.74) is 4.21. The van der Waals surface area contributed by atoms with Gasteiger partial charge in [-0.3, -0.25) is 0 Å². The van der Waals surface area contributed by atoms with Gasteiger partial charge in [-0.15, -0.1) is 0 Å². The molecule has 104 valence electrons. The molecule has 2 heteroatoms. The molecule has 0 atom stereocenters. The van der Waals surface area contributed by atoms with Gasteiger partial charge in [0.05, 0.1) is 7.11 Å². The van der Waals surface area contributed by atoms with Crippen molar-refractivity contribution in [2.75, 3.05) is 20.2 Å². The first-order valence-corrected chi connectivity index (χ1v) is 7.11. The Hall–Kier alpha value is -1.28. The molecule has 0 saturated carbocycles. The molecule has 0 aliphatic carbocycles. The van der Waals surface area contributed by atoms with Gasteiger partial charge in [-0.2, -0.15) is 0 Å². The average Bonchev–Trinajstić information content (AvgIpc) is 2.65. The minimum Gasteiger partial charge on any atom is -0.496 e. The molecule has 1 aliphatic heterocycles. The van der Waals surface area contributed by atoms with Crippen LogP contribution in [0.15, 0.2) is 24.3 Å². The molecule has 0 radical (unpaired) electrons. The second-order valence-electron chi connectivity index (χ2n) is 6.18. The summed E-state index contributed by atoms with van der Waals surface area (Å²) in [4.78, 5) is 0. The SMILES string of the molecule is COc1ccc(C(C)(C)C)cc1C1=CCCNCC1. The Balaban J connectivity index is 2.43. The van der Waals surface area contributed by atoms with Gasteiger partial charge in [0.15, 0.2) is 0 Å². The molecule has 2 rings (SSSR count). The van der Waals surface area contributed by atoms with Crippen molar-refractivity contribution in [1.29, 1.82) is 0 Å². The lowest BCUT2D eigenvalue weighted by atomic mass is 9.84. The molecule has 1 aromatic rings. The fourth-order valence-electron chi connectivity index (χ4n) is 2.47.